The lowest BCUT2D eigenvalue weighted by Crippen LogP contribution is -2.25. The molecule has 9 heteroatoms. The molecule has 2 amide bonds. The lowest BCUT2D eigenvalue weighted by Gasteiger charge is -2.11. The molecule has 0 bridgehead atoms. The second-order valence-electron chi connectivity index (χ2n) is 5.61. The maximum atomic E-state index is 12.1. The number of aryl methyl sites for hydroxylation is 1. The van der Waals surface area contributed by atoms with Crippen molar-refractivity contribution in [2.45, 2.75) is 26.0 Å². The fourth-order valence-corrected chi connectivity index (χ4v) is 2.75. The number of nitrogens with one attached hydrogen (secondary N) is 2. The molecule has 0 spiro atoms. The number of ether oxygens (including phenoxy) is 1. The van der Waals surface area contributed by atoms with Crippen molar-refractivity contribution >= 4 is 41.1 Å². The number of rotatable bonds is 8. The molecule has 0 unspecified atom stereocenters. The second kappa shape index (κ2) is 9.77. The van der Waals surface area contributed by atoms with Crippen molar-refractivity contribution in [1.29, 1.82) is 0 Å². The van der Waals surface area contributed by atoms with Crippen LogP contribution in [0.3, 0.4) is 0 Å². The lowest BCUT2D eigenvalue weighted by molar-refractivity contribution is -0.115. The Morgan fingerprint density at radius 3 is 2.70 bits per heavy atom. The Bertz CT molecular complexity index is 821. The number of anilines is 2. The smallest absolute Gasteiger partial charge is 0.338 e. The number of hydrogen-bond donors (Lipinski definition) is 2. The number of carbonyl (C=O) groups excluding carboxylic acids is 3. The van der Waals surface area contributed by atoms with Gasteiger partial charge in [-0.25, -0.2) is 4.79 Å². The first-order chi connectivity index (χ1) is 12.9. The molecule has 0 aliphatic carbocycles. The number of aromatic nitrogens is 1. The zero-order chi connectivity index (χ0) is 19.8. The van der Waals surface area contributed by atoms with Crippen LogP contribution in [-0.4, -0.2) is 40.6 Å². The van der Waals surface area contributed by atoms with E-state index in [1.807, 2.05) is 0 Å². The van der Waals surface area contributed by atoms with E-state index >= 15 is 0 Å². The van der Waals surface area contributed by atoms with E-state index in [1.165, 1.54) is 11.8 Å². The molecule has 144 valence electrons. The van der Waals surface area contributed by atoms with Gasteiger partial charge in [-0.15, -0.1) is 11.8 Å². The van der Waals surface area contributed by atoms with E-state index < -0.39 is 11.2 Å². The van der Waals surface area contributed by atoms with E-state index in [2.05, 4.69) is 15.8 Å². The first-order valence-electron chi connectivity index (χ1n) is 8.32. The highest BCUT2D eigenvalue weighted by atomic mass is 32.2. The number of esters is 1. The molecule has 1 heterocycles. The van der Waals surface area contributed by atoms with Crippen molar-refractivity contribution in [3.8, 4) is 0 Å². The van der Waals surface area contributed by atoms with Crippen molar-refractivity contribution in [3.05, 3.63) is 41.7 Å². The van der Waals surface area contributed by atoms with E-state index in [1.54, 1.807) is 51.1 Å². The van der Waals surface area contributed by atoms with Crippen LogP contribution >= 0.6 is 11.8 Å². The van der Waals surface area contributed by atoms with Gasteiger partial charge in [0, 0.05) is 11.8 Å². The fraction of sp³-hybridized carbons (Fsp3) is 0.333. The van der Waals surface area contributed by atoms with Crippen LogP contribution in [0.2, 0.25) is 0 Å². The van der Waals surface area contributed by atoms with Crippen LogP contribution in [0.4, 0.5) is 11.5 Å². The van der Waals surface area contributed by atoms with E-state index in [0.29, 0.717) is 22.8 Å². The average Bonchev–Trinajstić information content (AvgIpc) is 3.04. The molecule has 2 N–H and O–H groups in total. The van der Waals surface area contributed by atoms with Gasteiger partial charge >= 0.3 is 5.97 Å². The molecule has 1 atom stereocenters. The highest BCUT2D eigenvalue weighted by molar-refractivity contribution is 8.01. The van der Waals surface area contributed by atoms with Crippen LogP contribution in [0.5, 0.6) is 0 Å². The Morgan fingerprint density at radius 1 is 1.26 bits per heavy atom. The number of hydrogen-bond acceptors (Lipinski definition) is 7. The Labute approximate surface area is 161 Å². The number of amides is 2. The molecule has 0 saturated carbocycles. The van der Waals surface area contributed by atoms with Gasteiger partial charge in [-0.2, -0.15) is 0 Å². The third-order valence-corrected chi connectivity index (χ3v) is 4.51. The highest BCUT2D eigenvalue weighted by Gasteiger charge is 2.17. The molecular weight excluding hydrogens is 370 g/mol. The zero-order valence-electron chi connectivity index (χ0n) is 15.3. The average molecular weight is 391 g/mol. The summed E-state index contributed by atoms with van der Waals surface area (Å²) in [7, 11) is 0. The molecule has 8 nitrogen and oxygen atoms in total. The molecule has 2 aromatic rings. The van der Waals surface area contributed by atoms with Crippen LogP contribution in [0.15, 0.2) is 34.9 Å². The molecule has 2 rings (SSSR count). The van der Waals surface area contributed by atoms with E-state index in [-0.39, 0.29) is 24.2 Å². The highest BCUT2D eigenvalue weighted by Crippen LogP contribution is 2.16. The normalized spacial score (nSPS) is 11.5. The molecule has 0 aliphatic heterocycles. The monoisotopic (exact) mass is 391 g/mol. The van der Waals surface area contributed by atoms with Gasteiger partial charge in [-0.05, 0) is 39.0 Å². The number of benzene rings is 1. The van der Waals surface area contributed by atoms with Gasteiger partial charge in [-0.3, -0.25) is 9.59 Å². The van der Waals surface area contributed by atoms with Gasteiger partial charge in [0.2, 0.25) is 11.8 Å². The Kier molecular flexibility index (Phi) is 7.42. The van der Waals surface area contributed by atoms with Crippen molar-refractivity contribution in [1.82, 2.24) is 5.16 Å². The first kappa shape index (κ1) is 20.5. The topological polar surface area (TPSA) is 111 Å². The van der Waals surface area contributed by atoms with Gasteiger partial charge in [0.25, 0.3) is 0 Å². The summed E-state index contributed by atoms with van der Waals surface area (Å²) in [5, 5.41) is 8.55. The van der Waals surface area contributed by atoms with Gasteiger partial charge < -0.3 is 19.9 Å². The van der Waals surface area contributed by atoms with E-state index in [0.717, 1.165) is 0 Å². The van der Waals surface area contributed by atoms with Gasteiger partial charge in [0.1, 0.15) is 5.76 Å². The molecule has 1 aromatic heterocycles. The summed E-state index contributed by atoms with van der Waals surface area (Å²) in [5.74, 6) is 0.00991. The third kappa shape index (κ3) is 6.45. The maximum Gasteiger partial charge on any atom is 0.338 e. The standard InChI is InChI=1S/C18H21N3O5S/c1-4-25-18(24)13-6-5-7-14(9-13)19-16(22)10-27-12(3)17(23)20-15-8-11(2)26-21-15/h5-9,12H,4,10H2,1-3H3,(H,19,22)(H,20,21,23)/t12-/m1/s1. The molecule has 27 heavy (non-hydrogen) atoms. The summed E-state index contributed by atoms with van der Waals surface area (Å²) in [6, 6.07) is 8.10. The SMILES string of the molecule is CCOC(=O)c1cccc(NC(=O)CS[C@H](C)C(=O)Nc2cc(C)on2)c1. The van der Waals surface area contributed by atoms with E-state index in [9.17, 15) is 14.4 Å². The first-order valence-corrected chi connectivity index (χ1v) is 9.36. The fourth-order valence-electron chi connectivity index (χ4n) is 2.06. The van der Waals surface area contributed by atoms with Crippen LogP contribution in [0.25, 0.3) is 0 Å². The quantitative estimate of drug-likeness (QED) is 0.666. The minimum absolute atomic E-state index is 0.0794. The van der Waals surface area contributed by atoms with Crippen LogP contribution in [0.1, 0.15) is 30.0 Å². The predicted molar refractivity (Wildman–Crippen MR) is 103 cm³/mol. The summed E-state index contributed by atoms with van der Waals surface area (Å²) >= 11 is 1.18. The van der Waals surface area contributed by atoms with Crippen LogP contribution < -0.4 is 10.6 Å². The van der Waals surface area contributed by atoms with Crippen molar-refractivity contribution < 1.29 is 23.6 Å². The maximum absolute atomic E-state index is 12.1. The lowest BCUT2D eigenvalue weighted by atomic mass is 10.2. The number of nitrogens with zero attached hydrogens (tertiary/aromatic N) is 1. The number of thioether (sulfide) groups is 1. The summed E-state index contributed by atoms with van der Waals surface area (Å²) in [4.78, 5) is 35.9. The van der Waals surface area contributed by atoms with Crippen LogP contribution in [0, 0.1) is 6.92 Å². The predicted octanol–water partition coefficient (Wildman–Crippen LogP) is 2.86. The summed E-state index contributed by atoms with van der Waals surface area (Å²) < 4.78 is 9.81. The molecule has 0 saturated heterocycles. The minimum atomic E-state index is -0.460. The molecule has 1 aromatic carbocycles. The van der Waals surface area contributed by atoms with Crippen molar-refractivity contribution in [2.75, 3.05) is 23.0 Å². The largest absolute Gasteiger partial charge is 0.462 e. The van der Waals surface area contributed by atoms with Gasteiger partial charge in [0.15, 0.2) is 5.82 Å². The van der Waals surface area contributed by atoms with E-state index in [4.69, 9.17) is 9.26 Å². The van der Waals surface area contributed by atoms with Gasteiger partial charge in [-0.1, -0.05) is 11.2 Å². The molecule has 0 radical (unpaired) electrons. The van der Waals surface area contributed by atoms with Crippen molar-refractivity contribution in [2.24, 2.45) is 0 Å². The van der Waals surface area contributed by atoms with Crippen molar-refractivity contribution in [3.63, 3.8) is 0 Å². The zero-order valence-corrected chi connectivity index (χ0v) is 16.1. The molecule has 0 fully saturated rings. The van der Waals surface area contributed by atoms with Crippen LogP contribution in [-0.2, 0) is 14.3 Å². The second-order valence-corrected chi connectivity index (χ2v) is 6.94. The summed E-state index contributed by atoms with van der Waals surface area (Å²) in [6.45, 7) is 5.42. The summed E-state index contributed by atoms with van der Waals surface area (Å²) in [6.07, 6.45) is 0. The number of carbonyl (C=O) groups is 3. The minimum Gasteiger partial charge on any atom is -0.462 e. The molecule has 0 aliphatic rings. The Balaban J connectivity index is 1.82. The summed E-state index contributed by atoms with van der Waals surface area (Å²) in [5.41, 5.74) is 0.847. The Morgan fingerprint density at radius 2 is 2.04 bits per heavy atom. The third-order valence-electron chi connectivity index (χ3n) is 3.37. The van der Waals surface area contributed by atoms with Gasteiger partial charge in [0.05, 0.1) is 23.2 Å². The molecular formula is C18H21N3O5S. The Hall–Kier alpha value is -2.81.